The highest BCUT2D eigenvalue weighted by molar-refractivity contribution is 9.10. The van der Waals surface area contributed by atoms with Crippen LogP contribution >= 0.6 is 27.5 Å². The van der Waals surface area contributed by atoms with Crippen LogP contribution in [0.5, 0.6) is 0 Å². The third-order valence-corrected chi connectivity index (χ3v) is 5.21. The maximum Gasteiger partial charge on any atom is 0.160 e. The van der Waals surface area contributed by atoms with Crippen molar-refractivity contribution in [2.45, 2.75) is 57.4 Å². The lowest BCUT2D eigenvalue weighted by atomic mass is 9.84. The van der Waals surface area contributed by atoms with Crippen molar-refractivity contribution in [2.75, 3.05) is 0 Å². The van der Waals surface area contributed by atoms with Crippen molar-refractivity contribution >= 4 is 38.7 Å². The fourth-order valence-electron chi connectivity index (χ4n) is 3.48. The van der Waals surface area contributed by atoms with Crippen molar-refractivity contribution in [3.05, 3.63) is 22.6 Å². The fraction of sp³-hybridized carbons (Fsp3) is 0.625. The van der Waals surface area contributed by atoms with Crippen LogP contribution < -0.4 is 0 Å². The van der Waals surface area contributed by atoms with E-state index in [-0.39, 0.29) is 5.38 Å². The Labute approximate surface area is 139 Å². The number of hydrogen-bond donors (Lipinski definition) is 0. The van der Waals surface area contributed by atoms with Crippen LogP contribution in [0.4, 0.5) is 0 Å². The monoisotopic (exact) mass is 369 g/mol. The summed E-state index contributed by atoms with van der Waals surface area (Å²) in [6.07, 6.45) is 8.17. The Morgan fingerprint density at radius 1 is 1.48 bits per heavy atom. The van der Waals surface area contributed by atoms with Crippen LogP contribution in [-0.4, -0.2) is 14.5 Å². The molecule has 21 heavy (non-hydrogen) atoms. The van der Waals surface area contributed by atoms with Gasteiger partial charge in [-0.3, -0.25) is 0 Å². The van der Waals surface area contributed by atoms with Gasteiger partial charge in [0.1, 0.15) is 11.3 Å². The van der Waals surface area contributed by atoms with Gasteiger partial charge in [-0.05, 0) is 47.7 Å². The van der Waals surface area contributed by atoms with Crippen LogP contribution in [0.2, 0.25) is 0 Å². The van der Waals surface area contributed by atoms with E-state index in [0.29, 0.717) is 6.04 Å². The van der Waals surface area contributed by atoms with E-state index < -0.39 is 0 Å². The summed E-state index contributed by atoms with van der Waals surface area (Å²) in [7, 11) is 0. The molecular weight excluding hydrogens is 350 g/mol. The number of aromatic nitrogens is 3. The molecule has 2 aromatic rings. The summed E-state index contributed by atoms with van der Waals surface area (Å²) in [6, 6.07) is 2.51. The topological polar surface area (TPSA) is 30.7 Å². The maximum atomic E-state index is 6.39. The second-order valence-corrected chi connectivity index (χ2v) is 7.62. The van der Waals surface area contributed by atoms with Crippen LogP contribution in [0.1, 0.15) is 63.2 Å². The third kappa shape index (κ3) is 2.98. The summed E-state index contributed by atoms with van der Waals surface area (Å²) in [5, 5.41) is -0.0972. The zero-order valence-corrected chi connectivity index (χ0v) is 14.9. The summed E-state index contributed by atoms with van der Waals surface area (Å²) < 4.78 is 3.27. The van der Waals surface area contributed by atoms with E-state index >= 15 is 0 Å². The van der Waals surface area contributed by atoms with Crippen molar-refractivity contribution in [1.82, 2.24) is 14.5 Å². The molecule has 0 amide bonds. The first-order chi connectivity index (χ1) is 10.1. The molecule has 0 radical (unpaired) electrons. The van der Waals surface area contributed by atoms with E-state index in [0.717, 1.165) is 27.4 Å². The van der Waals surface area contributed by atoms with Crippen LogP contribution in [0, 0.1) is 5.92 Å². The summed E-state index contributed by atoms with van der Waals surface area (Å²) in [5.74, 6) is 1.77. The predicted octanol–water partition coefficient (Wildman–Crippen LogP) is 5.63. The number of fused-ring (bicyclic) bond motifs is 1. The Bertz CT molecular complexity index is 638. The van der Waals surface area contributed by atoms with Crippen LogP contribution in [0.3, 0.4) is 0 Å². The standard InChI is InChI=1S/C16H21BrClN3/c1-3-11-5-4-6-13(7-11)21-15(10(2)18)20-14-8-12(17)9-19-16(14)21/h8-11,13H,3-7H2,1-2H3. The zero-order valence-electron chi connectivity index (χ0n) is 12.5. The number of alkyl halides is 1. The minimum Gasteiger partial charge on any atom is -0.308 e. The number of rotatable bonds is 3. The number of pyridine rings is 1. The minimum atomic E-state index is -0.0972. The normalized spacial score (nSPS) is 24.4. The molecular formula is C16H21BrClN3. The van der Waals surface area contributed by atoms with Crippen molar-refractivity contribution in [1.29, 1.82) is 0 Å². The molecule has 3 nitrogen and oxygen atoms in total. The van der Waals surface area contributed by atoms with Gasteiger partial charge in [-0.15, -0.1) is 11.6 Å². The summed E-state index contributed by atoms with van der Waals surface area (Å²) in [6.45, 7) is 4.29. The molecule has 1 aliphatic carbocycles. The van der Waals surface area contributed by atoms with Crippen LogP contribution in [0.15, 0.2) is 16.7 Å². The average molecular weight is 371 g/mol. The summed E-state index contributed by atoms with van der Waals surface area (Å²) in [5.41, 5.74) is 1.91. The molecule has 0 spiro atoms. The van der Waals surface area contributed by atoms with E-state index in [9.17, 15) is 0 Å². The Morgan fingerprint density at radius 3 is 3.00 bits per heavy atom. The first-order valence-electron chi connectivity index (χ1n) is 7.77. The molecule has 5 heteroatoms. The fourth-order valence-corrected chi connectivity index (χ4v) is 3.96. The Kier molecular flexibility index (Phi) is 4.55. The highest BCUT2D eigenvalue weighted by atomic mass is 79.9. The van der Waals surface area contributed by atoms with Gasteiger partial charge in [-0.25, -0.2) is 9.97 Å². The Balaban J connectivity index is 2.08. The van der Waals surface area contributed by atoms with Gasteiger partial charge >= 0.3 is 0 Å². The van der Waals surface area contributed by atoms with Gasteiger partial charge in [0.15, 0.2) is 5.65 Å². The summed E-state index contributed by atoms with van der Waals surface area (Å²) in [4.78, 5) is 9.34. The van der Waals surface area contributed by atoms with E-state index in [2.05, 4.69) is 32.4 Å². The quantitative estimate of drug-likeness (QED) is 0.655. The molecule has 0 bridgehead atoms. The molecule has 1 saturated carbocycles. The first kappa shape index (κ1) is 15.3. The van der Waals surface area contributed by atoms with Crippen molar-refractivity contribution < 1.29 is 0 Å². The Morgan fingerprint density at radius 2 is 2.29 bits per heavy atom. The molecule has 0 saturated heterocycles. The number of hydrogen-bond acceptors (Lipinski definition) is 2. The second kappa shape index (κ2) is 6.25. The molecule has 0 aliphatic heterocycles. The third-order valence-electron chi connectivity index (χ3n) is 4.58. The molecule has 2 heterocycles. The lowest BCUT2D eigenvalue weighted by Crippen LogP contribution is -2.21. The van der Waals surface area contributed by atoms with Crippen LogP contribution in [-0.2, 0) is 0 Å². The predicted molar refractivity (Wildman–Crippen MR) is 90.8 cm³/mol. The zero-order chi connectivity index (χ0) is 15.0. The van der Waals surface area contributed by atoms with Gasteiger partial charge in [-0.2, -0.15) is 0 Å². The molecule has 1 fully saturated rings. The molecule has 0 N–H and O–H groups in total. The number of halogens is 2. The van der Waals surface area contributed by atoms with Gasteiger partial charge in [0.05, 0.1) is 5.38 Å². The molecule has 114 valence electrons. The summed E-state index contributed by atoms with van der Waals surface area (Å²) >= 11 is 9.86. The molecule has 2 aromatic heterocycles. The lowest BCUT2D eigenvalue weighted by Gasteiger charge is -2.31. The van der Waals surface area contributed by atoms with E-state index in [1.54, 1.807) is 0 Å². The maximum absolute atomic E-state index is 6.39. The minimum absolute atomic E-state index is 0.0972. The molecule has 3 atom stereocenters. The van der Waals surface area contributed by atoms with E-state index in [1.165, 1.54) is 32.1 Å². The van der Waals surface area contributed by atoms with Crippen molar-refractivity contribution in [3.63, 3.8) is 0 Å². The van der Waals surface area contributed by atoms with Gasteiger partial charge < -0.3 is 4.57 Å². The lowest BCUT2D eigenvalue weighted by molar-refractivity contribution is 0.261. The highest BCUT2D eigenvalue weighted by Gasteiger charge is 2.27. The molecule has 0 aromatic carbocycles. The average Bonchev–Trinajstić information content (AvgIpc) is 2.86. The number of imidazole rings is 1. The number of nitrogens with zero attached hydrogens (tertiary/aromatic N) is 3. The Hall–Kier alpha value is -0.610. The highest BCUT2D eigenvalue weighted by Crippen LogP contribution is 2.38. The van der Waals surface area contributed by atoms with E-state index in [1.807, 2.05) is 19.2 Å². The largest absolute Gasteiger partial charge is 0.308 e. The van der Waals surface area contributed by atoms with Gasteiger partial charge in [0, 0.05) is 16.7 Å². The van der Waals surface area contributed by atoms with Gasteiger partial charge in [0.25, 0.3) is 0 Å². The SMILES string of the molecule is CCC1CCCC(n2c(C(C)Cl)nc3cc(Br)cnc32)C1. The van der Waals surface area contributed by atoms with Gasteiger partial charge in [0.2, 0.25) is 0 Å². The first-order valence-corrected chi connectivity index (χ1v) is 9.00. The smallest absolute Gasteiger partial charge is 0.160 e. The van der Waals surface area contributed by atoms with E-state index in [4.69, 9.17) is 16.6 Å². The molecule has 3 rings (SSSR count). The second-order valence-electron chi connectivity index (χ2n) is 6.05. The van der Waals surface area contributed by atoms with Crippen LogP contribution in [0.25, 0.3) is 11.2 Å². The van der Waals surface area contributed by atoms with Crippen molar-refractivity contribution in [3.8, 4) is 0 Å². The van der Waals surface area contributed by atoms with Gasteiger partial charge in [-0.1, -0.05) is 26.2 Å². The molecule has 1 aliphatic rings. The van der Waals surface area contributed by atoms with Crippen molar-refractivity contribution in [2.24, 2.45) is 5.92 Å². The molecule has 3 unspecified atom stereocenters.